The molecule has 172 valence electrons. The number of nitrogens with one attached hydrogen (secondary N) is 2. The molecular weight excluding hydrogens is 432 g/mol. The first-order valence-electron chi connectivity index (χ1n) is 11.3. The number of aryl methyl sites for hydroxylation is 1. The van der Waals surface area contributed by atoms with Crippen LogP contribution in [0.5, 0.6) is 5.75 Å². The van der Waals surface area contributed by atoms with Crippen LogP contribution in [0.3, 0.4) is 0 Å². The number of hydrogen-bond acceptors (Lipinski definition) is 5. The fourth-order valence-electron chi connectivity index (χ4n) is 5.39. The number of rotatable bonds is 6. The molecule has 2 amide bonds. The maximum absolute atomic E-state index is 13.2. The van der Waals surface area contributed by atoms with Gasteiger partial charge in [-0.2, -0.15) is 0 Å². The summed E-state index contributed by atoms with van der Waals surface area (Å²) in [5.74, 6) is -0.0165. The van der Waals surface area contributed by atoms with Crippen LogP contribution >= 0.6 is 0 Å². The zero-order chi connectivity index (χ0) is 23.6. The number of ether oxygens (including phenoxy) is 1. The van der Waals surface area contributed by atoms with E-state index in [0.29, 0.717) is 36.5 Å². The van der Waals surface area contributed by atoms with E-state index in [1.807, 2.05) is 48.1 Å². The highest BCUT2D eigenvalue weighted by Gasteiger charge is 2.35. The second kappa shape index (κ2) is 7.58. The smallest absolute Gasteiger partial charge is 0.259 e. The number of imide groups is 1. The van der Waals surface area contributed by atoms with E-state index >= 15 is 0 Å². The quantitative estimate of drug-likeness (QED) is 0.270. The van der Waals surface area contributed by atoms with E-state index in [9.17, 15) is 14.7 Å². The summed E-state index contributed by atoms with van der Waals surface area (Å²) in [4.78, 5) is 26.3. The molecule has 0 saturated carbocycles. The maximum atomic E-state index is 13.2. The highest BCUT2D eigenvalue weighted by molar-refractivity contribution is 6.39. The Kier molecular flexibility index (Phi) is 4.62. The molecule has 8 heteroatoms. The Morgan fingerprint density at radius 3 is 2.44 bits per heavy atom. The Labute approximate surface area is 194 Å². The molecule has 2 aromatic heterocycles. The normalized spacial score (nSPS) is 13.5. The fraction of sp³-hybridized carbons (Fsp3) is 0.231. The number of aliphatic hydroxyl groups excluding tert-OH is 1. The lowest BCUT2D eigenvalue weighted by atomic mass is 9.93. The van der Waals surface area contributed by atoms with E-state index < -0.39 is 0 Å². The van der Waals surface area contributed by atoms with Crippen LogP contribution < -0.4 is 15.4 Å². The van der Waals surface area contributed by atoms with Gasteiger partial charge in [-0.25, -0.2) is 0 Å². The molecule has 0 aliphatic carbocycles. The van der Waals surface area contributed by atoms with Crippen LogP contribution in [-0.4, -0.2) is 52.9 Å². The van der Waals surface area contributed by atoms with Crippen molar-refractivity contribution in [2.75, 3.05) is 26.8 Å². The van der Waals surface area contributed by atoms with Crippen LogP contribution in [0.25, 0.3) is 43.5 Å². The molecule has 0 saturated heterocycles. The van der Waals surface area contributed by atoms with E-state index in [2.05, 4.69) is 21.3 Å². The van der Waals surface area contributed by atoms with E-state index in [0.717, 1.165) is 43.5 Å². The number of nitrogens with zero attached hydrogens (tertiary/aromatic N) is 2. The molecule has 0 spiro atoms. The summed E-state index contributed by atoms with van der Waals surface area (Å²) < 4.78 is 9.68. The fourth-order valence-corrected chi connectivity index (χ4v) is 5.39. The standard InChI is InChI=1S/C26H24N4O4/c1-29-10-7-14-3-5-17-20(23(14)29)22-21(25(32)28-26(22)33)19-16-6-4-15(34-2)13-18(16)30(24(17)19)11-8-27-9-12-31/h3-7,10,13,27,31H,8-9,11-12H2,1-2H3,(H,28,32,33). The average Bonchev–Trinajstić information content (AvgIpc) is 3.47. The third-order valence-corrected chi connectivity index (χ3v) is 6.80. The van der Waals surface area contributed by atoms with Gasteiger partial charge in [-0.1, -0.05) is 12.1 Å². The molecule has 3 N–H and O–H groups in total. The number of fused-ring (bicyclic) bond motifs is 10. The predicted molar refractivity (Wildman–Crippen MR) is 132 cm³/mol. The minimum atomic E-state index is -0.369. The molecule has 5 aromatic rings. The Bertz CT molecular complexity index is 1660. The van der Waals surface area contributed by atoms with Crippen molar-refractivity contribution in [1.29, 1.82) is 0 Å². The molecule has 0 unspecified atom stereocenters. The van der Waals surface area contributed by atoms with Crippen LogP contribution in [-0.2, 0) is 13.6 Å². The molecule has 3 aromatic carbocycles. The number of methoxy groups -OCH3 is 1. The van der Waals surface area contributed by atoms with Gasteiger partial charge in [0.15, 0.2) is 0 Å². The molecule has 0 fully saturated rings. The second-order valence-corrected chi connectivity index (χ2v) is 8.62. The minimum Gasteiger partial charge on any atom is -0.497 e. The van der Waals surface area contributed by atoms with E-state index in [1.54, 1.807) is 7.11 Å². The largest absolute Gasteiger partial charge is 0.497 e. The summed E-state index contributed by atoms with van der Waals surface area (Å²) in [7, 11) is 3.58. The zero-order valence-corrected chi connectivity index (χ0v) is 18.9. The van der Waals surface area contributed by atoms with E-state index in [1.165, 1.54) is 0 Å². The summed E-state index contributed by atoms with van der Waals surface area (Å²) in [6.45, 7) is 1.80. The zero-order valence-electron chi connectivity index (χ0n) is 18.9. The number of carbonyl (C=O) groups excluding carboxylic acids is 2. The first-order valence-corrected chi connectivity index (χ1v) is 11.3. The first kappa shape index (κ1) is 20.7. The van der Waals surface area contributed by atoms with E-state index in [4.69, 9.17) is 4.74 Å². The van der Waals surface area contributed by atoms with Crippen molar-refractivity contribution < 1.29 is 19.4 Å². The number of aromatic nitrogens is 2. The third kappa shape index (κ3) is 2.72. The number of amides is 2. The summed E-state index contributed by atoms with van der Waals surface area (Å²) in [6, 6.07) is 11.9. The lowest BCUT2D eigenvalue weighted by Crippen LogP contribution is -2.23. The molecule has 6 rings (SSSR count). The van der Waals surface area contributed by atoms with Gasteiger partial charge in [-0.15, -0.1) is 0 Å². The van der Waals surface area contributed by atoms with Gasteiger partial charge in [-0.3, -0.25) is 14.9 Å². The van der Waals surface area contributed by atoms with Crippen molar-refractivity contribution in [1.82, 2.24) is 19.8 Å². The van der Waals surface area contributed by atoms with Crippen molar-refractivity contribution in [3.8, 4) is 5.75 Å². The van der Waals surface area contributed by atoms with Crippen molar-refractivity contribution in [2.45, 2.75) is 6.54 Å². The molecule has 34 heavy (non-hydrogen) atoms. The Morgan fingerprint density at radius 1 is 0.971 bits per heavy atom. The number of carbonyl (C=O) groups is 2. The lowest BCUT2D eigenvalue weighted by molar-refractivity contribution is 0.0880. The molecule has 0 radical (unpaired) electrons. The maximum Gasteiger partial charge on any atom is 0.259 e. The van der Waals surface area contributed by atoms with Crippen molar-refractivity contribution in [3.63, 3.8) is 0 Å². The van der Waals surface area contributed by atoms with Gasteiger partial charge in [0.05, 0.1) is 41.4 Å². The number of aliphatic hydroxyl groups is 1. The number of hydrogen-bond donors (Lipinski definition) is 3. The van der Waals surface area contributed by atoms with Crippen LogP contribution in [0.15, 0.2) is 42.6 Å². The van der Waals surface area contributed by atoms with E-state index in [-0.39, 0.29) is 18.4 Å². The van der Waals surface area contributed by atoms with Gasteiger partial charge >= 0.3 is 0 Å². The van der Waals surface area contributed by atoms with Crippen molar-refractivity contribution >= 4 is 55.3 Å². The molecule has 1 aliphatic heterocycles. The monoisotopic (exact) mass is 456 g/mol. The summed E-state index contributed by atoms with van der Waals surface area (Å²) in [5.41, 5.74) is 3.63. The Hall–Kier alpha value is -3.88. The summed E-state index contributed by atoms with van der Waals surface area (Å²) in [6.07, 6.45) is 1.97. The van der Waals surface area contributed by atoms with Gasteiger partial charge < -0.3 is 24.3 Å². The molecule has 3 heterocycles. The second-order valence-electron chi connectivity index (χ2n) is 8.62. The van der Waals surface area contributed by atoms with Crippen LogP contribution in [0.1, 0.15) is 20.7 Å². The van der Waals surface area contributed by atoms with Gasteiger partial charge in [0.25, 0.3) is 11.8 Å². The lowest BCUT2D eigenvalue weighted by Gasteiger charge is -2.13. The van der Waals surface area contributed by atoms with Gasteiger partial charge in [0.2, 0.25) is 0 Å². The van der Waals surface area contributed by atoms with Crippen LogP contribution in [0.2, 0.25) is 0 Å². The van der Waals surface area contributed by atoms with Crippen LogP contribution in [0, 0.1) is 0 Å². The van der Waals surface area contributed by atoms with Gasteiger partial charge in [0.1, 0.15) is 5.75 Å². The summed E-state index contributed by atoms with van der Waals surface area (Å²) in [5, 5.41) is 19.4. The molecule has 0 bridgehead atoms. The highest BCUT2D eigenvalue weighted by Crippen LogP contribution is 2.44. The average molecular weight is 457 g/mol. The molecule has 1 aliphatic rings. The topological polar surface area (TPSA) is 97.5 Å². The predicted octanol–water partition coefficient (Wildman–Crippen LogP) is 2.91. The SMILES string of the molecule is COc1ccc2c3c4c(c5c(ccc6ccn(C)c65)c3n(CCNCCO)c2c1)C(=O)NC4=O. The molecular formula is C26H24N4O4. The van der Waals surface area contributed by atoms with Gasteiger partial charge in [-0.05, 0) is 18.2 Å². The van der Waals surface area contributed by atoms with Crippen LogP contribution in [0.4, 0.5) is 0 Å². The number of benzene rings is 3. The van der Waals surface area contributed by atoms with Crippen molar-refractivity contribution in [3.05, 3.63) is 53.7 Å². The molecule has 8 nitrogen and oxygen atoms in total. The minimum absolute atomic E-state index is 0.0607. The molecule has 0 atom stereocenters. The summed E-state index contributed by atoms with van der Waals surface area (Å²) >= 11 is 0. The van der Waals surface area contributed by atoms with Gasteiger partial charge in [0, 0.05) is 65.9 Å². The Morgan fingerprint density at radius 2 is 1.71 bits per heavy atom. The van der Waals surface area contributed by atoms with Crippen molar-refractivity contribution in [2.24, 2.45) is 7.05 Å². The first-order chi connectivity index (χ1) is 16.5. The Balaban J connectivity index is 1.83. The highest BCUT2D eigenvalue weighted by atomic mass is 16.5. The third-order valence-electron chi connectivity index (χ3n) is 6.80.